The van der Waals surface area contributed by atoms with Gasteiger partial charge in [-0.25, -0.2) is 14.4 Å². The third-order valence-electron chi connectivity index (χ3n) is 6.30. The lowest BCUT2D eigenvalue weighted by Gasteiger charge is -2.19. The fourth-order valence-electron chi connectivity index (χ4n) is 4.32. The molecule has 0 radical (unpaired) electrons. The van der Waals surface area contributed by atoms with Gasteiger partial charge in [0, 0.05) is 6.42 Å². The van der Waals surface area contributed by atoms with Crippen molar-refractivity contribution in [3.05, 3.63) is 106 Å². The highest BCUT2D eigenvalue weighted by molar-refractivity contribution is 5.90. The van der Waals surface area contributed by atoms with Crippen LogP contribution >= 0.6 is 0 Å². The number of aromatic amines is 1. The Morgan fingerprint density at radius 2 is 1.53 bits per heavy atom. The number of hydrogen-bond donors (Lipinski definition) is 1. The van der Waals surface area contributed by atoms with Crippen molar-refractivity contribution in [2.24, 2.45) is 0 Å². The Hall–Kier alpha value is -4.17. The molecule has 5 rings (SSSR count). The smallest absolute Gasteiger partial charge is 0.338 e. The zero-order valence-electron chi connectivity index (χ0n) is 20.0. The number of rotatable bonds is 6. The Balaban J connectivity index is 1.37. The molecule has 1 saturated heterocycles. The van der Waals surface area contributed by atoms with Gasteiger partial charge in [-0.3, -0.25) is 4.57 Å². The summed E-state index contributed by atoms with van der Waals surface area (Å²) in [6.07, 6.45) is -1.95. The van der Waals surface area contributed by atoms with Crippen molar-refractivity contribution in [1.29, 1.82) is 0 Å². The van der Waals surface area contributed by atoms with Gasteiger partial charge in [-0.05, 0) is 50.2 Å². The van der Waals surface area contributed by atoms with E-state index in [1.54, 1.807) is 30.3 Å². The number of fused-ring (bicyclic) bond motifs is 1. The fraction of sp³-hybridized carbons (Fsp3) is 0.250. The van der Waals surface area contributed by atoms with Crippen molar-refractivity contribution < 1.29 is 23.8 Å². The maximum atomic E-state index is 12.9. The van der Waals surface area contributed by atoms with Crippen molar-refractivity contribution >= 4 is 23.0 Å². The van der Waals surface area contributed by atoms with E-state index in [-0.39, 0.29) is 18.7 Å². The molecule has 1 N–H and O–H groups in total. The molecule has 8 nitrogen and oxygen atoms in total. The van der Waals surface area contributed by atoms with Crippen molar-refractivity contribution in [3.63, 3.8) is 0 Å². The monoisotopic (exact) mass is 486 g/mol. The summed E-state index contributed by atoms with van der Waals surface area (Å²) in [7, 11) is 0. The molecule has 4 aromatic rings. The van der Waals surface area contributed by atoms with Crippen LogP contribution in [0.15, 0.2) is 77.6 Å². The molecule has 2 heterocycles. The van der Waals surface area contributed by atoms with Gasteiger partial charge in [0.1, 0.15) is 25.0 Å². The fourth-order valence-corrected chi connectivity index (χ4v) is 4.32. The summed E-state index contributed by atoms with van der Waals surface area (Å²) < 4.78 is 19.0. The van der Waals surface area contributed by atoms with Crippen LogP contribution in [0.3, 0.4) is 0 Å². The summed E-state index contributed by atoms with van der Waals surface area (Å²) in [4.78, 5) is 41.0. The molecule has 0 aliphatic carbocycles. The zero-order chi connectivity index (χ0) is 25.2. The molecule has 3 aromatic carbocycles. The minimum atomic E-state index is -0.751. The normalized spacial score (nSPS) is 19.3. The first-order valence-corrected chi connectivity index (χ1v) is 11.7. The number of para-hydroxylation sites is 2. The van der Waals surface area contributed by atoms with Gasteiger partial charge in [0.25, 0.3) is 0 Å². The van der Waals surface area contributed by atoms with Crippen LogP contribution in [-0.4, -0.2) is 40.3 Å². The van der Waals surface area contributed by atoms with Gasteiger partial charge in [-0.2, -0.15) is 0 Å². The number of ether oxygens (including phenoxy) is 3. The molecule has 1 aromatic heterocycles. The number of carbonyl (C=O) groups is 2. The molecular weight excluding hydrogens is 460 g/mol. The summed E-state index contributed by atoms with van der Waals surface area (Å²) in [6.45, 7) is 3.73. The quantitative estimate of drug-likeness (QED) is 0.408. The number of carbonyl (C=O) groups excluding carboxylic acids is 2. The van der Waals surface area contributed by atoms with Crippen molar-refractivity contribution in [2.75, 3.05) is 6.61 Å². The first kappa shape index (κ1) is 23.6. The van der Waals surface area contributed by atoms with Gasteiger partial charge in [0.05, 0.1) is 22.2 Å². The van der Waals surface area contributed by atoms with Crippen LogP contribution in [0.5, 0.6) is 0 Å². The van der Waals surface area contributed by atoms with E-state index in [0.717, 1.165) is 11.1 Å². The molecule has 0 amide bonds. The Morgan fingerprint density at radius 3 is 2.19 bits per heavy atom. The molecule has 184 valence electrons. The van der Waals surface area contributed by atoms with Crippen LogP contribution in [0.1, 0.15) is 44.5 Å². The molecular formula is C28H26N2O6. The summed E-state index contributed by atoms with van der Waals surface area (Å²) in [5.41, 5.74) is 3.89. The number of nitrogens with zero attached hydrogens (tertiary/aromatic N) is 1. The lowest BCUT2D eigenvalue weighted by atomic mass is 10.1. The minimum absolute atomic E-state index is 0.133. The summed E-state index contributed by atoms with van der Waals surface area (Å²) >= 11 is 0. The van der Waals surface area contributed by atoms with Crippen molar-refractivity contribution in [3.8, 4) is 0 Å². The number of benzene rings is 3. The maximum Gasteiger partial charge on any atom is 0.338 e. The van der Waals surface area contributed by atoms with Gasteiger partial charge in [0.2, 0.25) is 0 Å². The van der Waals surface area contributed by atoms with Crippen molar-refractivity contribution in [2.45, 2.75) is 38.7 Å². The van der Waals surface area contributed by atoms with Gasteiger partial charge in [-0.15, -0.1) is 0 Å². The van der Waals surface area contributed by atoms with E-state index in [1.165, 1.54) is 4.57 Å². The lowest BCUT2D eigenvalue weighted by Crippen LogP contribution is -2.32. The van der Waals surface area contributed by atoms with Gasteiger partial charge in [0.15, 0.2) is 0 Å². The average Bonchev–Trinajstić information content (AvgIpc) is 3.42. The summed E-state index contributed by atoms with van der Waals surface area (Å²) in [5.74, 6) is -1.01. The van der Waals surface area contributed by atoms with Gasteiger partial charge >= 0.3 is 17.6 Å². The van der Waals surface area contributed by atoms with Crippen LogP contribution in [0.4, 0.5) is 0 Å². The first-order valence-electron chi connectivity index (χ1n) is 11.7. The lowest BCUT2D eigenvalue weighted by molar-refractivity contribution is -0.0569. The highest BCUT2D eigenvalue weighted by atomic mass is 16.6. The van der Waals surface area contributed by atoms with Crippen LogP contribution in [0.2, 0.25) is 0 Å². The molecule has 1 unspecified atom stereocenters. The summed E-state index contributed by atoms with van der Waals surface area (Å²) in [5, 5.41) is 0. The molecule has 1 aliphatic rings. The maximum absolute atomic E-state index is 12.9. The van der Waals surface area contributed by atoms with E-state index in [0.29, 0.717) is 22.2 Å². The highest BCUT2D eigenvalue weighted by Gasteiger charge is 2.41. The molecule has 0 saturated carbocycles. The number of nitrogens with one attached hydrogen (secondary N) is 1. The van der Waals surface area contributed by atoms with Gasteiger partial charge in [-0.1, -0.05) is 47.5 Å². The van der Waals surface area contributed by atoms with E-state index < -0.39 is 30.4 Å². The Labute approximate surface area is 207 Å². The third kappa shape index (κ3) is 4.81. The van der Waals surface area contributed by atoms with E-state index in [1.807, 2.05) is 56.3 Å². The number of aryl methyl sites for hydroxylation is 2. The molecule has 3 atom stereocenters. The first-order chi connectivity index (χ1) is 17.4. The van der Waals surface area contributed by atoms with Crippen LogP contribution in [0, 0.1) is 13.8 Å². The topological polar surface area (TPSA) is 99.6 Å². The number of hydrogen-bond acceptors (Lipinski definition) is 6. The largest absolute Gasteiger partial charge is 0.459 e. The summed E-state index contributed by atoms with van der Waals surface area (Å²) in [6, 6.07) is 21.4. The zero-order valence-corrected chi connectivity index (χ0v) is 20.0. The van der Waals surface area contributed by atoms with E-state index >= 15 is 0 Å². The second-order valence-electron chi connectivity index (χ2n) is 8.96. The standard InChI is InChI=1S/C28H26N2O6/c1-17-7-11-19(12-8-17)26(31)34-16-24-23(36-27(32)20-13-9-18(2)10-14-20)15-25(35-24)30-22-6-4-3-5-21(22)29-28(30)33/h3-14,23-25H,15-16H2,1-2H3,(H,29,33)/t23-,24?,25-/m1/s1. The Morgan fingerprint density at radius 1 is 0.917 bits per heavy atom. The van der Waals surface area contributed by atoms with Crippen molar-refractivity contribution in [1.82, 2.24) is 9.55 Å². The average molecular weight is 487 g/mol. The van der Waals surface area contributed by atoms with Crippen LogP contribution < -0.4 is 5.69 Å². The number of imidazole rings is 1. The molecule has 0 bridgehead atoms. The van der Waals surface area contributed by atoms with Crippen LogP contribution in [0.25, 0.3) is 11.0 Å². The highest BCUT2D eigenvalue weighted by Crippen LogP contribution is 2.33. The van der Waals surface area contributed by atoms with Crippen LogP contribution in [-0.2, 0) is 14.2 Å². The van der Waals surface area contributed by atoms with Gasteiger partial charge < -0.3 is 19.2 Å². The number of aromatic nitrogens is 2. The predicted molar refractivity (Wildman–Crippen MR) is 133 cm³/mol. The molecule has 8 heteroatoms. The second kappa shape index (κ2) is 9.83. The Bertz CT molecular complexity index is 1450. The van der Waals surface area contributed by atoms with E-state index in [9.17, 15) is 14.4 Å². The minimum Gasteiger partial charge on any atom is -0.459 e. The second-order valence-corrected chi connectivity index (χ2v) is 8.96. The molecule has 1 fully saturated rings. The van der Waals surface area contributed by atoms with E-state index in [2.05, 4.69) is 4.98 Å². The number of H-pyrrole nitrogens is 1. The Kier molecular flexibility index (Phi) is 6.43. The predicted octanol–water partition coefficient (Wildman–Crippen LogP) is 4.32. The molecule has 1 aliphatic heterocycles. The SMILES string of the molecule is Cc1ccc(C(=O)OCC2O[C@@H](n3c(=O)[nH]c4ccccc43)C[C@H]2OC(=O)c2ccc(C)cc2)cc1. The third-order valence-corrected chi connectivity index (χ3v) is 6.30. The molecule has 36 heavy (non-hydrogen) atoms. The number of esters is 2. The van der Waals surface area contributed by atoms with E-state index in [4.69, 9.17) is 14.2 Å². The molecule has 0 spiro atoms.